The van der Waals surface area contributed by atoms with E-state index >= 15 is 0 Å². The second-order valence-electron chi connectivity index (χ2n) is 2.63. The molecule has 0 spiro atoms. The van der Waals surface area contributed by atoms with Crippen LogP contribution in [0, 0.1) is 0 Å². The van der Waals surface area contributed by atoms with Crippen LogP contribution < -0.4 is 10.6 Å². The first-order valence-corrected chi connectivity index (χ1v) is 4.66. The summed E-state index contributed by atoms with van der Waals surface area (Å²) in [5.74, 6) is -0.0951. The van der Waals surface area contributed by atoms with E-state index < -0.39 is 0 Å². The normalized spacial score (nSPS) is 9.77. The zero-order valence-electron chi connectivity index (χ0n) is 7.33. The van der Waals surface area contributed by atoms with Gasteiger partial charge in [0.05, 0.1) is 6.54 Å². The summed E-state index contributed by atoms with van der Waals surface area (Å²) in [6, 6.07) is 7.49. The quantitative estimate of drug-likeness (QED) is 0.852. The third-order valence-corrected chi connectivity index (χ3v) is 2.29. The number of halogens is 1. The number of hydrogen-bond donors (Lipinski definition) is 1. The number of carbonyl (C=O) groups excluding carboxylic acids is 1. The molecule has 1 aromatic rings. The summed E-state index contributed by atoms with van der Waals surface area (Å²) >= 11 is 3.32. The number of likely N-dealkylation sites (N-methyl/N-ethyl adjacent to an activating group) is 1. The van der Waals surface area contributed by atoms with Crippen LogP contribution in [0.3, 0.4) is 0 Å². The van der Waals surface area contributed by atoms with Crippen LogP contribution in [0.1, 0.15) is 0 Å². The van der Waals surface area contributed by atoms with Gasteiger partial charge in [0.15, 0.2) is 0 Å². The fourth-order valence-corrected chi connectivity index (χ4v) is 1.21. The molecule has 0 radical (unpaired) electrons. The molecule has 1 rings (SSSR count). The molecule has 13 heavy (non-hydrogen) atoms. The van der Waals surface area contributed by atoms with Crippen LogP contribution in [0.25, 0.3) is 0 Å². The van der Waals surface area contributed by atoms with Crippen LogP contribution in [0.15, 0.2) is 28.7 Å². The molecule has 0 aliphatic rings. The SMILES string of the molecule is CN(C(=O)CN)c1ccc(Br)cc1. The predicted octanol–water partition coefficient (Wildman–Crippen LogP) is 1.37. The van der Waals surface area contributed by atoms with Gasteiger partial charge in [-0.3, -0.25) is 4.79 Å². The Kier molecular flexibility index (Phi) is 3.45. The maximum atomic E-state index is 11.2. The van der Waals surface area contributed by atoms with Crippen molar-refractivity contribution in [2.24, 2.45) is 5.73 Å². The first-order chi connectivity index (χ1) is 6.15. The molecule has 0 heterocycles. The van der Waals surface area contributed by atoms with Gasteiger partial charge in [0.25, 0.3) is 0 Å². The van der Waals surface area contributed by atoms with Gasteiger partial charge in [0.1, 0.15) is 0 Å². The Hall–Kier alpha value is -0.870. The van der Waals surface area contributed by atoms with Crippen molar-refractivity contribution in [1.29, 1.82) is 0 Å². The summed E-state index contributed by atoms with van der Waals surface area (Å²) in [6.45, 7) is 0.0343. The van der Waals surface area contributed by atoms with Crippen LogP contribution >= 0.6 is 15.9 Å². The highest BCUT2D eigenvalue weighted by Gasteiger charge is 2.07. The fourth-order valence-electron chi connectivity index (χ4n) is 0.946. The van der Waals surface area contributed by atoms with Crippen molar-refractivity contribution in [3.8, 4) is 0 Å². The smallest absolute Gasteiger partial charge is 0.240 e. The van der Waals surface area contributed by atoms with Crippen LogP contribution in [-0.4, -0.2) is 19.5 Å². The van der Waals surface area contributed by atoms with Crippen LogP contribution in [0.5, 0.6) is 0 Å². The van der Waals surface area contributed by atoms with Crippen molar-refractivity contribution in [1.82, 2.24) is 0 Å². The Morgan fingerprint density at radius 3 is 2.46 bits per heavy atom. The van der Waals surface area contributed by atoms with Gasteiger partial charge in [-0.15, -0.1) is 0 Å². The number of nitrogens with zero attached hydrogens (tertiary/aromatic N) is 1. The third-order valence-electron chi connectivity index (χ3n) is 1.76. The average molecular weight is 243 g/mol. The lowest BCUT2D eigenvalue weighted by Crippen LogP contribution is -2.32. The van der Waals surface area contributed by atoms with Crippen molar-refractivity contribution in [3.63, 3.8) is 0 Å². The van der Waals surface area contributed by atoms with Gasteiger partial charge in [-0.1, -0.05) is 15.9 Å². The van der Waals surface area contributed by atoms with E-state index in [9.17, 15) is 4.79 Å². The van der Waals surface area contributed by atoms with E-state index in [1.54, 1.807) is 7.05 Å². The summed E-state index contributed by atoms with van der Waals surface area (Å²) < 4.78 is 0.991. The molecule has 0 bridgehead atoms. The lowest BCUT2D eigenvalue weighted by Gasteiger charge is -2.15. The lowest BCUT2D eigenvalue weighted by atomic mass is 10.3. The summed E-state index contributed by atoms with van der Waals surface area (Å²) in [5.41, 5.74) is 6.09. The van der Waals surface area contributed by atoms with Crippen LogP contribution in [-0.2, 0) is 4.79 Å². The molecule has 0 saturated carbocycles. The molecule has 70 valence electrons. The second-order valence-corrected chi connectivity index (χ2v) is 3.55. The molecule has 4 heteroatoms. The highest BCUT2D eigenvalue weighted by Crippen LogP contribution is 2.16. The number of benzene rings is 1. The maximum absolute atomic E-state index is 11.2. The molecule has 2 N–H and O–H groups in total. The molecule has 3 nitrogen and oxygen atoms in total. The molecule has 1 aromatic carbocycles. The Labute approximate surface area is 85.7 Å². The van der Waals surface area contributed by atoms with E-state index in [1.165, 1.54) is 4.90 Å². The van der Waals surface area contributed by atoms with Gasteiger partial charge in [0.2, 0.25) is 5.91 Å². The first kappa shape index (κ1) is 10.2. The molecule has 0 aromatic heterocycles. The minimum absolute atomic E-state index is 0.0343. The summed E-state index contributed by atoms with van der Waals surface area (Å²) in [7, 11) is 1.71. The van der Waals surface area contributed by atoms with E-state index in [2.05, 4.69) is 15.9 Å². The van der Waals surface area contributed by atoms with Crippen molar-refractivity contribution >= 4 is 27.5 Å². The van der Waals surface area contributed by atoms with Crippen molar-refractivity contribution in [2.45, 2.75) is 0 Å². The summed E-state index contributed by atoms with van der Waals surface area (Å²) in [6.07, 6.45) is 0. The summed E-state index contributed by atoms with van der Waals surface area (Å²) in [5, 5.41) is 0. The number of hydrogen-bond acceptors (Lipinski definition) is 2. The van der Waals surface area contributed by atoms with E-state index in [1.807, 2.05) is 24.3 Å². The predicted molar refractivity (Wildman–Crippen MR) is 56.6 cm³/mol. The van der Waals surface area contributed by atoms with Gasteiger partial charge in [-0.25, -0.2) is 0 Å². The number of carbonyl (C=O) groups is 1. The van der Waals surface area contributed by atoms with E-state index in [-0.39, 0.29) is 12.5 Å². The second kappa shape index (κ2) is 4.39. The molecule has 0 aliphatic heterocycles. The van der Waals surface area contributed by atoms with Crippen molar-refractivity contribution in [3.05, 3.63) is 28.7 Å². The van der Waals surface area contributed by atoms with Crippen LogP contribution in [0.2, 0.25) is 0 Å². The largest absolute Gasteiger partial charge is 0.322 e. The highest BCUT2D eigenvalue weighted by molar-refractivity contribution is 9.10. The van der Waals surface area contributed by atoms with Crippen molar-refractivity contribution < 1.29 is 4.79 Å². The zero-order chi connectivity index (χ0) is 9.84. The third kappa shape index (κ3) is 2.54. The molecular formula is C9H11BrN2O. The first-order valence-electron chi connectivity index (χ1n) is 3.87. The van der Waals surface area contributed by atoms with E-state index in [4.69, 9.17) is 5.73 Å². The number of amides is 1. The summed E-state index contributed by atoms with van der Waals surface area (Å²) in [4.78, 5) is 12.7. The number of rotatable bonds is 2. The van der Waals surface area contributed by atoms with Gasteiger partial charge >= 0.3 is 0 Å². The van der Waals surface area contributed by atoms with Crippen molar-refractivity contribution in [2.75, 3.05) is 18.5 Å². The average Bonchev–Trinajstić information content (AvgIpc) is 2.17. The fraction of sp³-hybridized carbons (Fsp3) is 0.222. The highest BCUT2D eigenvalue weighted by atomic mass is 79.9. The molecule has 0 aliphatic carbocycles. The topological polar surface area (TPSA) is 46.3 Å². The Balaban J connectivity index is 2.83. The van der Waals surface area contributed by atoms with Crippen LogP contribution in [0.4, 0.5) is 5.69 Å². The van der Waals surface area contributed by atoms with Gasteiger partial charge in [-0.05, 0) is 24.3 Å². The number of anilines is 1. The molecular weight excluding hydrogens is 232 g/mol. The molecule has 0 fully saturated rings. The molecule has 1 amide bonds. The Morgan fingerprint density at radius 2 is 2.00 bits per heavy atom. The maximum Gasteiger partial charge on any atom is 0.240 e. The van der Waals surface area contributed by atoms with Gasteiger partial charge in [-0.2, -0.15) is 0 Å². The van der Waals surface area contributed by atoms with E-state index in [0.717, 1.165) is 10.2 Å². The Bertz CT molecular complexity index is 297. The standard InChI is InChI=1S/C9H11BrN2O/c1-12(9(13)6-11)8-4-2-7(10)3-5-8/h2-5H,6,11H2,1H3. The van der Waals surface area contributed by atoms with Gasteiger partial charge < -0.3 is 10.6 Å². The Morgan fingerprint density at radius 1 is 1.46 bits per heavy atom. The monoisotopic (exact) mass is 242 g/mol. The van der Waals surface area contributed by atoms with E-state index in [0.29, 0.717) is 0 Å². The minimum Gasteiger partial charge on any atom is -0.322 e. The molecule has 0 atom stereocenters. The lowest BCUT2D eigenvalue weighted by molar-refractivity contribution is -0.117. The minimum atomic E-state index is -0.0951. The molecule has 0 unspecified atom stereocenters. The van der Waals surface area contributed by atoms with Gasteiger partial charge in [0, 0.05) is 17.2 Å². The number of nitrogens with two attached hydrogens (primary N) is 1. The molecule has 0 saturated heterocycles. The zero-order valence-corrected chi connectivity index (χ0v) is 8.91.